The third kappa shape index (κ3) is 3.86. The summed E-state index contributed by atoms with van der Waals surface area (Å²) in [5, 5.41) is 3.53. The van der Waals surface area contributed by atoms with Crippen molar-refractivity contribution in [3.8, 4) is 0 Å². The van der Waals surface area contributed by atoms with Crippen LogP contribution in [0.4, 0.5) is 0 Å². The summed E-state index contributed by atoms with van der Waals surface area (Å²) in [6.07, 6.45) is 5.47. The van der Waals surface area contributed by atoms with E-state index in [0.717, 1.165) is 26.0 Å². The first kappa shape index (κ1) is 14.3. The molecule has 0 fully saturated rings. The minimum atomic E-state index is -0.123. The van der Waals surface area contributed by atoms with Crippen LogP contribution in [0.25, 0.3) is 0 Å². The molecule has 1 aromatic rings. The number of likely N-dealkylation sites (N-methyl/N-ethyl adjacent to an activating group) is 1. The van der Waals surface area contributed by atoms with Gasteiger partial charge in [0.2, 0.25) is 0 Å². The molecule has 0 amide bonds. The molecule has 0 radical (unpaired) electrons. The second kappa shape index (κ2) is 6.82. The second-order valence-electron chi connectivity index (χ2n) is 4.55. The maximum atomic E-state index is 5.95. The Labute approximate surface area is 105 Å². The van der Waals surface area contributed by atoms with Crippen LogP contribution in [0.15, 0.2) is 23.0 Å². The maximum Gasteiger partial charge on any atom is 0.0935 e. The van der Waals surface area contributed by atoms with E-state index in [2.05, 4.69) is 33.0 Å². The lowest BCUT2D eigenvalue weighted by Crippen LogP contribution is -2.51. The molecule has 2 unspecified atom stereocenters. The Hall–Kier alpha value is -0.800. The smallest absolute Gasteiger partial charge is 0.0935 e. The van der Waals surface area contributed by atoms with Crippen molar-refractivity contribution in [2.75, 3.05) is 13.2 Å². The van der Waals surface area contributed by atoms with Gasteiger partial charge in [-0.1, -0.05) is 13.8 Å². The summed E-state index contributed by atoms with van der Waals surface area (Å²) in [4.78, 5) is 0. The van der Waals surface area contributed by atoms with E-state index in [1.165, 1.54) is 5.56 Å². The molecule has 0 spiro atoms. The average Bonchev–Trinajstić information content (AvgIpc) is 2.81. The van der Waals surface area contributed by atoms with Gasteiger partial charge < -0.3 is 14.5 Å². The predicted molar refractivity (Wildman–Crippen MR) is 70.2 cm³/mol. The van der Waals surface area contributed by atoms with Crippen LogP contribution in [0, 0.1) is 0 Å². The SMILES string of the molecule is CCNC(Cc1ccoc1)C(C)(CC)OCC. The number of nitrogens with one attached hydrogen (secondary N) is 1. The molecule has 0 aliphatic carbocycles. The summed E-state index contributed by atoms with van der Waals surface area (Å²) in [5.74, 6) is 0. The zero-order valence-corrected chi connectivity index (χ0v) is 11.5. The molecular weight excluding hydrogens is 214 g/mol. The van der Waals surface area contributed by atoms with Gasteiger partial charge >= 0.3 is 0 Å². The van der Waals surface area contributed by atoms with Crippen LogP contribution in [0.2, 0.25) is 0 Å². The molecular formula is C14H25NO2. The molecule has 1 rings (SSSR count). The quantitative estimate of drug-likeness (QED) is 0.757. The number of hydrogen-bond donors (Lipinski definition) is 1. The number of hydrogen-bond acceptors (Lipinski definition) is 3. The van der Waals surface area contributed by atoms with E-state index < -0.39 is 0 Å². The highest BCUT2D eigenvalue weighted by Gasteiger charge is 2.32. The highest BCUT2D eigenvalue weighted by atomic mass is 16.5. The van der Waals surface area contributed by atoms with Crippen LogP contribution in [0.1, 0.15) is 39.7 Å². The van der Waals surface area contributed by atoms with Crippen LogP contribution in [0.5, 0.6) is 0 Å². The van der Waals surface area contributed by atoms with E-state index in [9.17, 15) is 0 Å². The van der Waals surface area contributed by atoms with Crippen molar-refractivity contribution in [1.29, 1.82) is 0 Å². The fourth-order valence-electron chi connectivity index (χ4n) is 2.17. The van der Waals surface area contributed by atoms with Crippen molar-refractivity contribution >= 4 is 0 Å². The molecule has 3 heteroatoms. The van der Waals surface area contributed by atoms with E-state index in [1.54, 1.807) is 6.26 Å². The number of ether oxygens (including phenoxy) is 1. The summed E-state index contributed by atoms with van der Waals surface area (Å²) in [6, 6.07) is 2.34. The first-order valence-corrected chi connectivity index (χ1v) is 6.54. The normalized spacial score (nSPS) is 16.7. The molecule has 0 aliphatic rings. The van der Waals surface area contributed by atoms with Crippen LogP contribution in [0.3, 0.4) is 0 Å². The Morgan fingerprint density at radius 2 is 2.18 bits per heavy atom. The van der Waals surface area contributed by atoms with E-state index in [1.807, 2.05) is 12.3 Å². The highest BCUT2D eigenvalue weighted by molar-refractivity contribution is 5.10. The minimum Gasteiger partial charge on any atom is -0.472 e. The monoisotopic (exact) mass is 239 g/mol. The van der Waals surface area contributed by atoms with Crippen LogP contribution < -0.4 is 5.32 Å². The van der Waals surface area contributed by atoms with Gasteiger partial charge in [0.25, 0.3) is 0 Å². The van der Waals surface area contributed by atoms with Crippen molar-refractivity contribution in [2.45, 2.75) is 52.2 Å². The van der Waals surface area contributed by atoms with Gasteiger partial charge in [0.15, 0.2) is 0 Å². The Morgan fingerprint density at radius 3 is 2.65 bits per heavy atom. The van der Waals surface area contributed by atoms with Crippen molar-refractivity contribution in [2.24, 2.45) is 0 Å². The van der Waals surface area contributed by atoms with E-state index >= 15 is 0 Å². The van der Waals surface area contributed by atoms with Crippen LogP contribution >= 0.6 is 0 Å². The van der Waals surface area contributed by atoms with Crippen molar-refractivity contribution in [3.05, 3.63) is 24.2 Å². The summed E-state index contributed by atoms with van der Waals surface area (Å²) < 4.78 is 11.1. The summed E-state index contributed by atoms with van der Waals surface area (Å²) in [6.45, 7) is 10.2. The highest BCUT2D eigenvalue weighted by Crippen LogP contribution is 2.23. The van der Waals surface area contributed by atoms with Crippen molar-refractivity contribution < 1.29 is 9.15 Å². The zero-order chi connectivity index (χ0) is 12.7. The molecule has 1 N–H and O–H groups in total. The molecule has 2 atom stereocenters. The molecule has 0 aliphatic heterocycles. The van der Waals surface area contributed by atoms with Gasteiger partial charge in [0.05, 0.1) is 18.1 Å². The fraction of sp³-hybridized carbons (Fsp3) is 0.714. The van der Waals surface area contributed by atoms with Crippen LogP contribution in [-0.4, -0.2) is 24.8 Å². The first-order chi connectivity index (χ1) is 8.16. The van der Waals surface area contributed by atoms with Gasteiger partial charge in [0.1, 0.15) is 0 Å². The standard InChI is InChI=1S/C14H25NO2/c1-5-14(4,17-7-3)13(15-6-2)10-12-8-9-16-11-12/h8-9,11,13,15H,5-7,10H2,1-4H3. The topological polar surface area (TPSA) is 34.4 Å². The van der Waals surface area contributed by atoms with Gasteiger partial charge in [-0.25, -0.2) is 0 Å². The Balaban J connectivity index is 2.75. The molecule has 0 bridgehead atoms. The maximum absolute atomic E-state index is 5.95. The lowest BCUT2D eigenvalue weighted by molar-refractivity contribution is -0.0547. The molecule has 3 nitrogen and oxygen atoms in total. The minimum absolute atomic E-state index is 0.123. The van der Waals surface area contributed by atoms with E-state index in [4.69, 9.17) is 9.15 Å². The summed E-state index contributed by atoms with van der Waals surface area (Å²) >= 11 is 0. The van der Waals surface area contributed by atoms with Gasteiger partial charge in [0, 0.05) is 12.6 Å². The molecule has 0 aromatic carbocycles. The van der Waals surface area contributed by atoms with Gasteiger partial charge in [-0.2, -0.15) is 0 Å². The summed E-state index contributed by atoms with van der Waals surface area (Å²) in [5.41, 5.74) is 1.09. The molecule has 0 saturated carbocycles. The predicted octanol–water partition coefficient (Wildman–Crippen LogP) is 3.01. The van der Waals surface area contributed by atoms with Gasteiger partial charge in [-0.05, 0) is 44.9 Å². The Morgan fingerprint density at radius 1 is 1.41 bits per heavy atom. The Bertz CT molecular complexity index is 297. The largest absolute Gasteiger partial charge is 0.472 e. The Kier molecular flexibility index (Phi) is 5.72. The second-order valence-corrected chi connectivity index (χ2v) is 4.55. The lowest BCUT2D eigenvalue weighted by Gasteiger charge is -2.37. The average molecular weight is 239 g/mol. The lowest BCUT2D eigenvalue weighted by atomic mass is 9.88. The van der Waals surface area contributed by atoms with Crippen molar-refractivity contribution in [3.63, 3.8) is 0 Å². The van der Waals surface area contributed by atoms with E-state index in [0.29, 0.717) is 6.04 Å². The first-order valence-electron chi connectivity index (χ1n) is 6.54. The third-order valence-corrected chi connectivity index (χ3v) is 3.38. The van der Waals surface area contributed by atoms with E-state index in [-0.39, 0.29) is 5.60 Å². The molecule has 1 heterocycles. The number of rotatable bonds is 8. The zero-order valence-electron chi connectivity index (χ0n) is 11.5. The molecule has 0 saturated heterocycles. The molecule has 98 valence electrons. The third-order valence-electron chi connectivity index (χ3n) is 3.38. The van der Waals surface area contributed by atoms with Gasteiger partial charge in [-0.15, -0.1) is 0 Å². The van der Waals surface area contributed by atoms with Crippen LogP contribution in [-0.2, 0) is 11.2 Å². The summed E-state index contributed by atoms with van der Waals surface area (Å²) in [7, 11) is 0. The van der Waals surface area contributed by atoms with Crippen molar-refractivity contribution in [1.82, 2.24) is 5.32 Å². The fourth-order valence-corrected chi connectivity index (χ4v) is 2.17. The number of furan rings is 1. The molecule has 17 heavy (non-hydrogen) atoms. The molecule has 1 aromatic heterocycles. The van der Waals surface area contributed by atoms with Gasteiger partial charge in [-0.3, -0.25) is 0 Å².